The molecule has 0 aliphatic heterocycles. The van der Waals surface area contributed by atoms with Gasteiger partial charge in [0.2, 0.25) is 0 Å². The summed E-state index contributed by atoms with van der Waals surface area (Å²) in [6, 6.07) is 7.33. The van der Waals surface area contributed by atoms with Crippen LogP contribution in [-0.4, -0.2) is 31.4 Å². The van der Waals surface area contributed by atoms with Crippen molar-refractivity contribution in [2.45, 2.75) is 33.1 Å². The summed E-state index contributed by atoms with van der Waals surface area (Å²) in [6.45, 7) is 4.76. The maximum absolute atomic E-state index is 11.7. The molecular weight excluding hydrogens is 296 g/mol. The zero-order valence-corrected chi connectivity index (χ0v) is 13.9. The van der Waals surface area contributed by atoms with Crippen LogP contribution >= 0.6 is 0 Å². The van der Waals surface area contributed by atoms with Gasteiger partial charge in [-0.3, -0.25) is 14.4 Å². The molecule has 0 N–H and O–H groups in total. The number of esters is 2. The van der Waals surface area contributed by atoms with Gasteiger partial charge in [0.15, 0.2) is 5.78 Å². The highest BCUT2D eigenvalue weighted by atomic mass is 16.5. The summed E-state index contributed by atoms with van der Waals surface area (Å²) in [7, 11) is 1.36. The molecular formula is C18H22O5. The van der Waals surface area contributed by atoms with Gasteiger partial charge < -0.3 is 9.47 Å². The lowest BCUT2D eigenvalue weighted by atomic mass is 9.98. The van der Waals surface area contributed by atoms with E-state index in [0.717, 1.165) is 11.1 Å². The second-order valence-electron chi connectivity index (χ2n) is 5.23. The van der Waals surface area contributed by atoms with E-state index < -0.39 is 0 Å². The maximum Gasteiger partial charge on any atom is 0.312 e. The molecule has 5 nitrogen and oxygen atoms in total. The molecule has 0 saturated carbocycles. The quantitative estimate of drug-likeness (QED) is 0.571. The molecule has 1 unspecified atom stereocenters. The van der Waals surface area contributed by atoms with Crippen molar-refractivity contribution >= 4 is 23.8 Å². The van der Waals surface area contributed by atoms with Gasteiger partial charge in [-0.05, 0) is 36.6 Å². The smallest absolute Gasteiger partial charge is 0.312 e. The molecule has 1 aromatic rings. The predicted octanol–water partition coefficient (Wildman–Crippen LogP) is 2.89. The minimum atomic E-state index is -0.367. The Kier molecular flexibility index (Phi) is 7.19. The molecule has 0 saturated heterocycles. The standard InChI is InChI=1S/C18H22O5/c1-12(18(21)22-4)16-7-5-15(6-8-16)11-17(13(2)19)9-10-23-14(3)20/h5-8,11-12H,9-10H2,1-4H3. The highest BCUT2D eigenvalue weighted by molar-refractivity contribution is 5.97. The first-order chi connectivity index (χ1) is 10.8. The number of hydrogen-bond donors (Lipinski definition) is 0. The van der Waals surface area contributed by atoms with E-state index in [4.69, 9.17) is 9.47 Å². The van der Waals surface area contributed by atoms with Gasteiger partial charge in [0.25, 0.3) is 0 Å². The average molecular weight is 318 g/mol. The number of ether oxygens (including phenoxy) is 2. The summed E-state index contributed by atoms with van der Waals surface area (Å²) in [5.74, 6) is -1.06. The van der Waals surface area contributed by atoms with Gasteiger partial charge in [0.1, 0.15) is 0 Å². The molecule has 1 atom stereocenters. The molecule has 124 valence electrons. The van der Waals surface area contributed by atoms with Crippen LogP contribution in [0.25, 0.3) is 6.08 Å². The fraction of sp³-hybridized carbons (Fsp3) is 0.389. The van der Waals surface area contributed by atoms with E-state index in [2.05, 4.69) is 0 Å². The molecule has 0 bridgehead atoms. The molecule has 0 heterocycles. The lowest BCUT2D eigenvalue weighted by Gasteiger charge is -2.10. The molecule has 0 spiro atoms. The van der Waals surface area contributed by atoms with Crippen molar-refractivity contribution in [3.8, 4) is 0 Å². The van der Waals surface area contributed by atoms with Gasteiger partial charge in [0, 0.05) is 13.3 Å². The molecule has 0 aliphatic rings. The molecule has 0 amide bonds. The van der Waals surface area contributed by atoms with Crippen LogP contribution in [-0.2, 0) is 23.9 Å². The van der Waals surface area contributed by atoms with Crippen molar-refractivity contribution in [1.29, 1.82) is 0 Å². The third-order valence-electron chi connectivity index (χ3n) is 3.46. The van der Waals surface area contributed by atoms with Crippen molar-refractivity contribution in [1.82, 2.24) is 0 Å². The van der Waals surface area contributed by atoms with Crippen molar-refractivity contribution in [3.63, 3.8) is 0 Å². The van der Waals surface area contributed by atoms with Crippen LogP contribution in [0.1, 0.15) is 44.2 Å². The van der Waals surface area contributed by atoms with Crippen LogP contribution in [0.4, 0.5) is 0 Å². The number of benzene rings is 1. The predicted molar refractivity (Wildman–Crippen MR) is 86.8 cm³/mol. The van der Waals surface area contributed by atoms with Crippen molar-refractivity contribution < 1.29 is 23.9 Å². The zero-order valence-electron chi connectivity index (χ0n) is 13.9. The summed E-state index contributed by atoms with van der Waals surface area (Å²) in [4.78, 5) is 33.9. The molecule has 0 radical (unpaired) electrons. The van der Waals surface area contributed by atoms with Crippen LogP contribution in [0.5, 0.6) is 0 Å². The number of methoxy groups -OCH3 is 1. The van der Waals surface area contributed by atoms with Gasteiger partial charge >= 0.3 is 11.9 Å². The summed E-state index contributed by atoms with van der Waals surface area (Å²) in [5.41, 5.74) is 2.28. The Balaban J connectivity index is 2.85. The average Bonchev–Trinajstić information content (AvgIpc) is 2.52. The second-order valence-corrected chi connectivity index (χ2v) is 5.23. The lowest BCUT2D eigenvalue weighted by molar-refractivity contribution is -0.142. The Morgan fingerprint density at radius 2 is 1.74 bits per heavy atom. The Hall–Kier alpha value is -2.43. The van der Waals surface area contributed by atoms with Crippen LogP contribution in [0.2, 0.25) is 0 Å². The fourth-order valence-corrected chi connectivity index (χ4v) is 2.05. The monoisotopic (exact) mass is 318 g/mol. The van der Waals surface area contributed by atoms with E-state index in [1.807, 2.05) is 24.3 Å². The van der Waals surface area contributed by atoms with Crippen molar-refractivity contribution in [3.05, 3.63) is 41.0 Å². The zero-order chi connectivity index (χ0) is 17.4. The minimum absolute atomic E-state index is 0.0656. The van der Waals surface area contributed by atoms with Crippen LogP contribution in [0.3, 0.4) is 0 Å². The summed E-state index contributed by atoms with van der Waals surface area (Å²) in [6.07, 6.45) is 2.13. The number of carbonyl (C=O) groups is 3. The first-order valence-electron chi connectivity index (χ1n) is 7.37. The SMILES string of the molecule is COC(=O)C(C)c1ccc(C=C(CCOC(C)=O)C(C)=O)cc1. The van der Waals surface area contributed by atoms with Crippen molar-refractivity contribution in [2.75, 3.05) is 13.7 Å². The molecule has 0 aliphatic carbocycles. The van der Waals surface area contributed by atoms with Crippen LogP contribution < -0.4 is 0 Å². The Morgan fingerprint density at radius 1 is 1.13 bits per heavy atom. The summed E-state index contributed by atoms with van der Waals surface area (Å²) >= 11 is 0. The number of carbonyl (C=O) groups excluding carboxylic acids is 3. The summed E-state index contributed by atoms with van der Waals surface area (Å²) < 4.78 is 9.59. The first kappa shape index (κ1) is 18.6. The highest BCUT2D eigenvalue weighted by Gasteiger charge is 2.15. The van der Waals surface area contributed by atoms with Gasteiger partial charge in [-0.25, -0.2) is 0 Å². The first-order valence-corrected chi connectivity index (χ1v) is 7.37. The molecule has 0 aromatic heterocycles. The number of ketones is 1. The second kappa shape index (κ2) is 8.88. The number of hydrogen-bond acceptors (Lipinski definition) is 5. The molecule has 1 rings (SSSR count). The third kappa shape index (κ3) is 6.06. The maximum atomic E-state index is 11.7. The van der Waals surface area contributed by atoms with Gasteiger partial charge in [-0.15, -0.1) is 0 Å². The largest absolute Gasteiger partial charge is 0.469 e. The normalized spacial score (nSPS) is 12.4. The number of Topliss-reactive ketones (excluding diaryl/α,β-unsaturated/α-hetero) is 1. The van der Waals surface area contributed by atoms with E-state index in [1.54, 1.807) is 13.0 Å². The summed E-state index contributed by atoms with van der Waals surface area (Å²) in [5, 5.41) is 0. The van der Waals surface area contributed by atoms with Crippen LogP contribution in [0, 0.1) is 0 Å². The van der Waals surface area contributed by atoms with Gasteiger partial charge in [0.05, 0.1) is 19.6 Å². The Labute approximate surface area is 136 Å². The molecule has 0 fully saturated rings. The lowest BCUT2D eigenvalue weighted by Crippen LogP contribution is -2.10. The van der Waals surface area contributed by atoms with E-state index in [9.17, 15) is 14.4 Å². The molecule has 23 heavy (non-hydrogen) atoms. The molecule has 5 heteroatoms. The van der Waals surface area contributed by atoms with E-state index in [0.29, 0.717) is 12.0 Å². The minimum Gasteiger partial charge on any atom is -0.469 e. The van der Waals surface area contributed by atoms with E-state index >= 15 is 0 Å². The topological polar surface area (TPSA) is 69.7 Å². The van der Waals surface area contributed by atoms with Crippen molar-refractivity contribution in [2.24, 2.45) is 0 Å². The number of rotatable bonds is 7. The van der Waals surface area contributed by atoms with Crippen LogP contribution in [0.15, 0.2) is 29.8 Å². The van der Waals surface area contributed by atoms with E-state index in [1.165, 1.54) is 21.0 Å². The molecule has 1 aromatic carbocycles. The Morgan fingerprint density at radius 3 is 2.22 bits per heavy atom. The van der Waals surface area contributed by atoms with Gasteiger partial charge in [-0.1, -0.05) is 24.3 Å². The third-order valence-corrected chi connectivity index (χ3v) is 3.46. The van der Waals surface area contributed by atoms with E-state index in [-0.39, 0.29) is 30.2 Å². The highest BCUT2D eigenvalue weighted by Crippen LogP contribution is 2.19. The van der Waals surface area contributed by atoms with Gasteiger partial charge in [-0.2, -0.15) is 0 Å². The Bertz CT molecular complexity index is 598. The fourth-order valence-electron chi connectivity index (χ4n) is 2.05.